The number of benzene rings is 2. The van der Waals surface area contributed by atoms with E-state index in [0.717, 1.165) is 22.6 Å². The molecular formula is C22H23N5OS. The van der Waals surface area contributed by atoms with E-state index in [-0.39, 0.29) is 17.6 Å². The van der Waals surface area contributed by atoms with Crippen LogP contribution >= 0.6 is 11.8 Å². The van der Waals surface area contributed by atoms with E-state index in [1.54, 1.807) is 4.90 Å². The predicted molar refractivity (Wildman–Crippen MR) is 116 cm³/mol. The topological polar surface area (TPSA) is 74.8 Å². The lowest BCUT2D eigenvalue weighted by molar-refractivity contribution is -0.117. The van der Waals surface area contributed by atoms with Crippen LogP contribution in [0.3, 0.4) is 0 Å². The van der Waals surface area contributed by atoms with Gasteiger partial charge >= 0.3 is 0 Å². The molecule has 2 aromatic carbocycles. The van der Waals surface area contributed by atoms with Crippen molar-refractivity contribution < 1.29 is 4.79 Å². The van der Waals surface area contributed by atoms with Crippen molar-refractivity contribution in [2.45, 2.75) is 30.7 Å². The number of nitriles is 1. The summed E-state index contributed by atoms with van der Waals surface area (Å²) in [5.41, 5.74) is 2.93. The third kappa shape index (κ3) is 4.66. The Morgan fingerprint density at radius 1 is 1.17 bits per heavy atom. The molecule has 1 amide bonds. The summed E-state index contributed by atoms with van der Waals surface area (Å²) in [5, 5.41) is 17.9. The summed E-state index contributed by atoms with van der Waals surface area (Å²) < 4.78 is 1.92. The SMILES string of the molecule is Cc1ccccc1-c1nnc(S[C@@H](C)C(=O)N(CCC#N)c2ccccc2)n1C. The summed E-state index contributed by atoms with van der Waals surface area (Å²) >= 11 is 1.37. The van der Waals surface area contributed by atoms with Gasteiger partial charge in [0.25, 0.3) is 0 Å². The number of aryl methyl sites for hydroxylation is 1. The number of nitrogens with zero attached hydrogens (tertiary/aromatic N) is 5. The molecule has 29 heavy (non-hydrogen) atoms. The second-order valence-corrected chi connectivity index (χ2v) is 7.98. The third-order valence-corrected chi connectivity index (χ3v) is 5.75. The Bertz CT molecular complexity index is 1030. The van der Waals surface area contributed by atoms with Gasteiger partial charge in [-0.15, -0.1) is 10.2 Å². The number of anilines is 1. The maximum atomic E-state index is 13.1. The van der Waals surface area contributed by atoms with Crippen LogP contribution in [0.4, 0.5) is 5.69 Å². The molecule has 0 aliphatic rings. The van der Waals surface area contributed by atoms with Crippen molar-refractivity contribution in [3.63, 3.8) is 0 Å². The lowest BCUT2D eigenvalue weighted by Crippen LogP contribution is -2.37. The number of para-hydroxylation sites is 1. The molecule has 3 rings (SSSR count). The van der Waals surface area contributed by atoms with Gasteiger partial charge in [0.1, 0.15) is 0 Å². The second-order valence-electron chi connectivity index (χ2n) is 6.67. The molecule has 0 saturated heterocycles. The van der Waals surface area contributed by atoms with Gasteiger partial charge in [-0.3, -0.25) is 4.79 Å². The minimum atomic E-state index is -0.374. The Hall–Kier alpha value is -3.11. The van der Waals surface area contributed by atoms with Gasteiger partial charge < -0.3 is 9.47 Å². The number of amides is 1. The first-order chi connectivity index (χ1) is 14.0. The molecule has 1 aromatic heterocycles. The van der Waals surface area contributed by atoms with Crippen molar-refractivity contribution in [3.05, 3.63) is 60.2 Å². The van der Waals surface area contributed by atoms with Gasteiger partial charge in [-0.25, -0.2) is 0 Å². The second kappa shape index (κ2) is 9.39. The van der Waals surface area contributed by atoms with Crippen molar-refractivity contribution >= 4 is 23.4 Å². The highest BCUT2D eigenvalue weighted by atomic mass is 32.2. The zero-order valence-corrected chi connectivity index (χ0v) is 17.6. The first-order valence-electron chi connectivity index (χ1n) is 9.38. The number of carbonyl (C=O) groups excluding carboxylic acids is 1. The summed E-state index contributed by atoms with van der Waals surface area (Å²) in [7, 11) is 1.91. The molecule has 1 heterocycles. The van der Waals surface area contributed by atoms with Crippen LogP contribution in [0.15, 0.2) is 59.8 Å². The fourth-order valence-corrected chi connectivity index (χ4v) is 3.92. The Kier molecular flexibility index (Phi) is 6.68. The number of hydrogen-bond donors (Lipinski definition) is 0. The lowest BCUT2D eigenvalue weighted by Gasteiger charge is -2.24. The Morgan fingerprint density at radius 3 is 2.55 bits per heavy atom. The molecule has 148 valence electrons. The summed E-state index contributed by atoms with van der Waals surface area (Å²) in [6, 6.07) is 19.6. The van der Waals surface area contributed by atoms with Crippen LogP contribution in [0.2, 0.25) is 0 Å². The highest BCUT2D eigenvalue weighted by molar-refractivity contribution is 8.00. The Morgan fingerprint density at radius 2 is 1.86 bits per heavy atom. The minimum absolute atomic E-state index is 0.0584. The highest BCUT2D eigenvalue weighted by Crippen LogP contribution is 2.29. The average Bonchev–Trinajstić information content (AvgIpc) is 3.09. The molecule has 0 spiro atoms. The van der Waals surface area contributed by atoms with Gasteiger partial charge in [0.2, 0.25) is 5.91 Å². The molecule has 0 bridgehead atoms. The molecule has 6 nitrogen and oxygen atoms in total. The maximum absolute atomic E-state index is 13.1. The van der Waals surface area contributed by atoms with Crippen molar-refractivity contribution in [3.8, 4) is 17.5 Å². The first kappa shape index (κ1) is 20.6. The van der Waals surface area contributed by atoms with E-state index < -0.39 is 0 Å². The van der Waals surface area contributed by atoms with Gasteiger partial charge in [-0.05, 0) is 31.5 Å². The molecule has 0 radical (unpaired) electrons. The molecule has 3 aromatic rings. The van der Waals surface area contributed by atoms with Gasteiger partial charge in [0.15, 0.2) is 11.0 Å². The van der Waals surface area contributed by atoms with Crippen LogP contribution in [-0.2, 0) is 11.8 Å². The van der Waals surface area contributed by atoms with Crippen LogP contribution in [0.25, 0.3) is 11.4 Å². The Balaban J connectivity index is 1.80. The first-order valence-corrected chi connectivity index (χ1v) is 10.3. The fraction of sp³-hybridized carbons (Fsp3) is 0.273. The van der Waals surface area contributed by atoms with Gasteiger partial charge in [-0.1, -0.05) is 54.2 Å². The standard InChI is InChI=1S/C22H23N5OS/c1-16-10-7-8-13-19(16)20-24-25-22(26(20)3)29-17(2)21(28)27(15-9-14-23)18-11-5-4-6-12-18/h4-8,10-13,17H,9,15H2,1-3H3/t17-/m0/s1. The molecule has 0 fully saturated rings. The van der Waals surface area contributed by atoms with Crippen molar-refractivity contribution in [2.75, 3.05) is 11.4 Å². The van der Waals surface area contributed by atoms with E-state index in [1.807, 2.05) is 80.1 Å². The highest BCUT2D eigenvalue weighted by Gasteiger charge is 2.25. The van der Waals surface area contributed by atoms with E-state index in [4.69, 9.17) is 5.26 Å². The number of carbonyl (C=O) groups is 1. The van der Waals surface area contributed by atoms with Gasteiger partial charge in [-0.2, -0.15) is 5.26 Å². The number of aromatic nitrogens is 3. The largest absolute Gasteiger partial charge is 0.310 e. The van der Waals surface area contributed by atoms with E-state index in [0.29, 0.717) is 11.7 Å². The third-order valence-electron chi connectivity index (χ3n) is 4.63. The van der Waals surface area contributed by atoms with E-state index in [1.165, 1.54) is 11.8 Å². The van der Waals surface area contributed by atoms with Gasteiger partial charge in [0.05, 0.1) is 17.7 Å². The van der Waals surface area contributed by atoms with E-state index in [2.05, 4.69) is 16.3 Å². The Labute approximate surface area is 175 Å². The summed E-state index contributed by atoms with van der Waals surface area (Å²) in [5.74, 6) is 0.714. The summed E-state index contributed by atoms with van der Waals surface area (Å²) in [6.07, 6.45) is 0.277. The van der Waals surface area contributed by atoms with Crippen LogP contribution in [0, 0.1) is 18.3 Å². The zero-order chi connectivity index (χ0) is 20.8. The predicted octanol–water partition coefficient (Wildman–Crippen LogP) is 4.22. The summed E-state index contributed by atoms with van der Waals surface area (Å²) in [4.78, 5) is 14.8. The van der Waals surface area contributed by atoms with Crippen LogP contribution in [0.5, 0.6) is 0 Å². The zero-order valence-electron chi connectivity index (χ0n) is 16.7. The number of thioether (sulfide) groups is 1. The van der Waals surface area contributed by atoms with Crippen molar-refractivity contribution in [1.82, 2.24) is 14.8 Å². The fourth-order valence-electron chi connectivity index (χ4n) is 3.04. The molecule has 0 aliphatic carbocycles. The molecule has 7 heteroatoms. The average molecular weight is 406 g/mol. The molecular weight excluding hydrogens is 382 g/mol. The molecule has 0 N–H and O–H groups in total. The van der Waals surface area contributed by atoms with Crippen LogP contribution in [0.1, 0.15) is 18.9 Å². The smallest absolute Gasteiger partial charge is 0.240 e. The summed E-state index contributed by atoms with van der Waals surface area (Å²) in [6.45, 7) is 4.25. The van der Waals surface area contributed by atoms with Crippen LogP contribution in [-0.4, -0.2) is 32.5 Å². The molecule has 0 saturated carbocycles. The van der Waals surface area contributed by atoms with Crippen molar-refractivity contribution in [1.29, 1.82) is 5.26 Å². The minimum Gasteiger partial charge on any atom is -0.310 e. The van der Waals surface area contributed by atoms with E-state index in [9.17, 15) is 4.79 Å². The maximum Gasteiger partial charge on any atom is 0.240 e. The lowest BCUT2D eigenvalue weighted by atomic mass is 10.1. The van der Waals surface area contributed by atoms with Crippen LogP contribution < -0.4 is 4.90 Å². The van der Waals surface area contributed by atoms with E-state index >= 15 is 0 Å². The molecule has 0 unspecified atom stereocenters. The molecule has 1 atom stereocenters. The number of rotatable bonds is 7. The number of hydrogen-bond acceptors (Lipinski definition) is 5. The normalized spacial score (nSPS) is 11.7. The molecule has 0 aliphatic heterocycles. The quantitative estimate of drug-likeness (QED) is 0.550. The van der Waals surface area contributed by atoms with Gasteiger partial charge in [0, 0.05) is 24.8 Å². The van der Waals surface area contributed by atoms with Crippen molar-refractivity contribution in [2.24, 2.45) is 7.05 Å². The monoisotopic (exact) mass is 405 g/mol.